The van der Waals surface area contributed by atoms with Gasteiger partial charge in [0, 0.05) is 6.54 Å². The summed E-state index contributed by atoms with van der Waals surface area (Å²) in [5.41, 5.74) is 0. The molecule has 2 atom stereocenters. The maximum atomic E-state index is 11.6. The average Bonchev–Trinajstić information content (AvgIpc) is 2.87. The van der Waals surface area contributed by atoms with Crippen LogP contribution in [0.1, 0.15) is 51.9 Å². The van der Waals surface area contributed by atoms with E-state index in [-0.39, 0.29) is 17.3 Å². The molecule has 0 aromatic carbocycles. The summed E-state index contributed by atoms with van der Waals surface area (Å²) in [6.45, 7) is 7.02. The number of aromatic nitrogens is 3. The van der Waals surface area contributed by atoms with Crippen molar-refractivity contribution < 1.29 is 9.53 Å². The molecule has 1 aromatic heterocycles. The van der Waals surface area contributed by atoms with Crippen molar-refractivity contribution in [1.29, 1.82) is 0 Å². The molecule has 0 aliphatic rings. The van der Waals surface area contributed by atoms with Gasteiger partial charge >= 0.3 is 5.97 Å². The minimum atomic E-state index is -0.290. The second kappa shape index (κ2) is 9.15. The summed E-state index contributed by atoms with van der Waals surface area (Å²) in [7, 11) is 5.51. The fourth-order valence-corrected chi connectivity index (χ4v) is 3.22. The van der Waals surface area contributed by atoms with Gasteiger partial charge in [-0.1, -0.05) is 32.0 Å². The molecule has 126 valence electrons. The van der Waals surface area contributed by atoms with E-state index in [0.717, 1.165) is 36.8 Å². The van der Waals surface area contributed by atoms with Gasteiger partial charge in [0.1, 0.15) is 5.25 Å². The molecule has 0 bridgehead atoms. The zero-order chi connectivity index (χ0) is 16.7. The number of carbonyl (C=O) groups is 1. The molecule has 0 aliphatic carbocycles. The molecule has 0 saturated carbocycles. The molecule has 1 rings (SSSR count). The highest BCUT2D eigenvalue weighted by Crippen LogP contribution is 2.28. The maximum absolute atomic E-state index is 11.6. The van der Waals surface area contributed by atoms with Crippen molar-refractivity contribution in [2.75, 3.05) is 21.2 Å². The number of carbonyl (C=O) groups excluding carboxylic acids is 1. The van der Waals surface area contributed by atoms with Crippen molar-refractivity contribution in [3.8, 4) is 0 Å². The highest BCUT2D eigenvalue weighted by Gasteiger charge is 2.24. The summed E-state index contributed by atoms with van der Waals surface area (Å²) in [6, 6.07) is 0.229. The van der Waals surface area contributed by atoms with E-state index < -0.39 is 0 Å². The van der Waals surface area contributed by atoms with E-state index >= 15 is 0 Å². The fourth-order valence-electron chi connectivity index (χ4n) is 2.31. The predicted octanol–water partition coefficient (Wildman–Crippen LogP) is 2.74. The Bertz CT molecular complexity index is 476. The number of unbranched alkanes of at least 4 members (excludes halogenated alkanes) is 1. The highest BCUT2D eigenvalue weighted by atomic mass is 32.2. The van der Waals surface area contributed by atoms with Gasteiger partial charge in [0.2, 0.25) is 0 Å². The Balaban J connectivity index is 3.06. The molecule has 0 amide bonds. The Morgan fingerprint density at radius 2 is 2.05 bits per heavy atom. The first-order valence-electron chi connectivity index (χ1n) is 7.80. The average molecular weight is 328 g/mol. The van der Waals surface area contributed by atoms with Crippen LogP contribution < -0.4 is 0 Å². The smallest absolute Gasteiger partial charge is 0.318 e. The van der Waals surface area contributed by atoms with Crippen LogP contribution >= 0.6 is 11.8 Å². The molecule has 2 unspecified atom stereocenters. The molecule has 22 heavy (non-hydrogen) atoms. The van der Waals surface area contributed by atoms with E-state index in [9.17, 15) is 4.79 Å². The topological polar surface area (TPSA) is 60.3 Å². The van der Waals surface area contributed by atoms with E-state index in [1.807, 2.05) is 6.92 Å². The van der Waals surface area contributed by atoms with Crippen molar-refractivity contribution in [2.24, 2.45) is 0 Å². The monoisotopic (exact) mass is 328 g/mol. The summed E-state index contributed by atoms with van der Waals surface area (Å²) in [6.07, 6.45) is 3.14. The van der Waals surface area contributed by atoms with Gasteiger partial charge in [0.25, 0.3) is 0 Å². The first-order chi connectivity index (χ1) is 10.5. The van der Waals surface area contributed by atoms with Crippen LogP contribution in [-0.4, -0.2) is 52.1 Å². The van der Waals surface area contributed by atoms with Gasteiger partial charge in [-0.25, -0.2) is 0 Å². The van der Waals surface area contributed by atoms with Crippen molar-refractivity contribution in [3.05, 3.63) is 5.82 Å². The van der Waals surface area contributed by atoms with Crippen LogP contribution in [0.25, 0.3) is 0 Å². The molecular weight excluding hydrogens is 300 g/mol. The molecule has 0 saturated heterocycles. The van der Waals surface area contributed by atoms with E-state index in [2.05, 4.69) is 47.6 Å². The molecule has 0 aliphatic heterocycles. The predicted molar refractivity (Wildman–Crippen MR) is 89.0 cm³/mol. The molecule has 7 heteroatoms. The zero-order valence-corrected chi connectivity index (χ0v) is 15.3. The lowest BCUT2D eigenvalue weighted by Gasteiger charge is -2.23. The number of methoxy groups -OCH3 is 1. The van der Waals surface area contributed by atoms with Crippen molar-refractivity contribution >= 4 is 17.7 Å². The Morgan fingerprint density at radius 1 is 1.36 bits per heavy atom. The first kappa shape index (κ1) is 19.0. The van der Waals surface area contributed by atoms with Gasteiger partial charge in [-0.05, 0) is 33.9 Å². The lowest BCUT2D eigenvalue weighted by atomic mass is 10.2. The standard InChI is InChI=1S/C15H28N4O2S/c1-7-9-10-19-13(12(8-2)18(4)5)16-17-15(19)22-11(3)14(20)21-6/h11-12H,7-10H2,1-6H3. The number of hydrogen-bond acceptors (Lipinski definition) is 6. The minimum Gasteiger partial charge on any atom is -0.468 e. The Labute approximate surface area is 137 Å². The molecular formula is C15H28N4O2S. The Kier molecular flexibility index (Phi) is 7.89. The summed E-state index contributed by atoms with van der Waals surface area (Å²) >= 11 is 1.41. The number of thioether (sulfide) groups is 1. The van der Waals surface area contributed by atoms with Crippen LogP contribution in [0.3, 0.4) is 0 Å². The fraction of sp³-hybridized carbons (Fsp3) is 0.800. The molecule has 0 radical (unpaired) electrons. The number of nitrogens with zero attached hydrogens (tertiary/aromatic N) is 4. The zero-order valence-electron chi connectivity index (χ0n) is 14.5. The SMILES string of the molecule is CCCCn1c(SC(C)C(=O)OC)nnc1C(CC)N(C)C. The number of ether oxygens (including phenoxy) is 1. The number of hydrogen-bond donors (Lipinski definition) is 0. The first-order valence-corrected chi connectivity index (χ1v) is 8.68. The summed E-state index contributed by atoms with van der Waals surface area (Å²) in [4.78, 5) is 13.8. The maximum Gasteiger partial charge on any atom is 0.318 e. The third kappa shape index (κ3) is 4.71. The van der Waals surface area contributed by atoms with Crippen LogP contribution in [0.15, 0.2) is 5.16 Å². The summed E-state index contributed by atoms with van der Waals surface area (Å²) in [5.74, 6) is 0.733. The van der Waals surface area contributed by atoms with Gasteiger partial charge in [0.15, 0.2) is 11.0 Å². The third-order valence-electron chi connectivity index (χ3n) is 3.60. The van der Waals surface area contributed by atoms with Crippen molar-refractivity contribution in [2.45, 2.75) is 63.0 Å². The third-order valence-corrected chi connectivity index (χ3v) is 4.66. The number of esters is 1. The number of rotatable bonds is 9. The van der Waals surface area contributed by atoms with E-state index in [1.165, 1.54) is 18.9 Å². The summed E-state index contributed by atoms with van der Waals surface area (Å²) < 4.78 is 6.95. The largest absolute Gasteiger partial charge is 0.468 e. The molecule has 0 N–H and O–H groups in total. The van der Waals surface area contributed by atoms with Crippen LogP contribution in [0.5, 0.6) is 0 Å². The minimum absolute atomic E-state index is 0.229. The lowest BCUT2D eigenvalue weighted by Crippen LogP contribution is -2.23. The van der Waals surface area contributed by atoms with E-state index in [4.69, 9.17) is 4.74 Å². The van der Waals surface area contributed by atoms with Gasteiger partial charge in [-0.3, -0.25) is 9.69 Å². The summed E-state index contributed by atoms with van der Waals surface area (Å²) in [5, 5.41) is 9.22. The molecule has 0 spiro atoms. The van der Waals surface area contributed by atoms with Crippen molar-refractivity contribution in [3.63, 3.8) is 0 Å². The quantitative estimate of drug-likeness (QED) is 0.513. The highest BCUT2D eigenvalue weighted by molar-refractivity contribution is 8.00. The van der Waals surface area contributed by atoms with Gasteiger partial charge < -0.3 is 9.30 Å². The lowest BCUT2D eigenvalue weighted by molar-refractivity contribution is -0.139. The van der Waals surface area contributed by atoms with E-state index in [1.54, 1.807) is 0 Å². The molecule has 1 aromatic rings. The second-order valence-corrected chi connectivity index (χ2v) is 6.82. The van der Waals surface area contributed by atoms with Crippen molar-refractivity contribution in [1.82, 2.24) is 19.7 Å². The van der Waals surface area contributed by atoms with Crippen LogP contribution in [0.2, 0.25) is 0 Å². The normalized spacial score (nSPS) is 14.1. The van der Waals surface area contributed by atoms with Gasteiger partial charge in [0.05, 0.1) is 13.2 Å². The molecule has 0 fully saturated rings. The Morgan fingerprint density at radius 3 is 2.55 bits per heavy atom. The second-order valence-electron chi connectivity index (χ2n) is 5.52. The van der Waals surface area contributed by atoms with E-state index in [0.29, 0.717) is 0 Å². The Hall–Kier alpha value is -1.08. The van der Waals surface area contributed by atoms with Crippen LogP contribution in [0, 0.1) is 0 Å². The molecule has 1 heterocycles. The van der Waals surface area contributed by atoms with Crippen LogP contribution in [0.4, 0.5) is 0 Å². The van der Waals surface area contributed by atoms with Gasteiger partial charge in [-0.15, -0.1) is 10.2 Å². The van der Waals surface area contributed by atoms with Gasteiger partial charge in [-0.2, -0.15) is 0 Å². The van der Waals surface area contributed by atoms with Crippen LogP contribution in [-0.2, 0) is 16.1 Å². The molecule has 6 nitrogen and oxygen atoms in total.